The summed E-state index contributed by atoms with van der Waals surface area (Å²) < 4.78 is 5.22. The quantitative estimate of drug-likeness (QED) is 0.880. The summed E-state index contributed by atoms with van der Waals surface area (Å²) in [4.78, 5) is 16.8. The van der Waals surface area contributed by atoms with E-state index in [2.05, 4.69) is 60.5 Å². The smallest absolute Gasteiger partial charge is 0.317 e. The van der Waals surface area contributed by atoms with Gasteiger partial charge in [-0.25, -0.2) is 4.79 Å². The van der Waals surface area contributed by atoms with Crippen molar-refractivity contribution in [3.05, 3.63) is 60.2 Å². The molecule has 1 N–H and O–H groups in total. The van der Waals surface area contributed by atoms with E-state index < -0.39 is 0 Å². The molecule has 1 saturated heterocycles. The second kappa shape index (κ2) is 8.33. The monoisotopic (exact) mass is 367 g/mol. The van der Waals surface area contributed by atoms with Crippen molar-refractivity contribution in [3.63, 3.8) is 0 Å². The van der Waals surface area contributed by atoms with Gasteiger partial charge in [-0.1, -0.05) is 44.2 Å². The van der Waals surface area contributed by atoms with E-state index in [1.807, 2.05) is 23.1 Å². The Morgan fingerprint density at radius 2 is 1.63 bits per heavy atom. The van der Waals surface area contributed by atoms with Gasteiger partial charge in [0.1, 0.15) is 5.75 Å². The summed E-state index contributed by atoms with van der Waals surface area (Å²) in [6.07, 6.45) is 0. The number of nitrogens with one attached hydrogen (secondary N) is 1. The molecule has 2 amide bonds. The van der Waals surface area contributed by atoms with Gasteiger partial charge in [0, 0.05) is 43.8 Å². The Balaban J connectivity index is 1.50. The molecule has 0 aromatic heterocycles. The number of anilines is 1. The first-order chi connectivity index (χ1) is 13.0. The van der Waals surface area contributed by atoms with E-state index in [0.717, 1.165) is 31.9 Å². The average molecular weight is 367 g/mol. The summed E-state index contributed by atoms with van der Waals surface area (Å²) in [5.74, 6) is 0.842. The zero-order valence-corrected chi connectivity index (χ0v) is 16.4. The number of methoxy groups -OCH3 is 1. The van der Waals surface area contributed by atoms with Crippen LogP contribution in [0.15, 0.2) is 54.6 Å². The molecule has 1 aliphatic rings. The van der Waals surface area contributed by atoms with Gasteiger partial charge in [-0.3, -0.25) is 0 Å². The van der Waals surface area contributed by atoms with E-state index >= 15 is 0 Å². The highest BCUT2D eigenvalue weighted by atomic mass is 16.5. The minimum Gasteiger partial charge on any atom is -0.497 e. The number of hydrogen-bond donors (Lipinski definition) is 1. The number of carbonyl (C=O) groups is 1. The van der Waals surface area contributed by atoms with Crippen LogP contribution in [0.25, 0.3) is 0 Å². The van der Waals surface area contributed by atoms with Gasteiger partial charge in [0.25, 0.3) is 0 Å². The summed E-state index contributed by atoms with van der Waals surface area (Å²) in [6.45, 7) is 8.08. The maximum atomic E-state index is 12.6. The molecule has 1 aliphatic heterocycles. The lowest BCUT2D eigenvalue weighted by atomic mass is 9.84. The van der Waals surface area contributed by atoms with E-state index in [1.165, 1.54) is 11.3 Å². The summed E-state index contributed by atoms with van der Waals surface area (Å²) in [5, 5.41) is 3.11. The fraction of sp³-hybridized carbons (Fsp3) is 0.409. The zero-order chi connectivity index (χ0) is 19.3. The largest absolute Gasteiger partial charge is 0.497 e. The number of hydrogen-bond acceptors (Lipinski definition) is 3. The Bertz CT molecular complexity index is 736. The number of rotatable bonds is 5. The molecule has 5 heteroatoms. The highest BCUT2D eigenvalue weighted by Gasteiger charge is 2.25. The van der Waals surface area contributed by atoms with Crippen LogP contribution in [0.5, 0.6) is 5.75 Å². The lowest BCUT2D eigenvalue weighted by Gasteiger charge is -2.36. The van der Waals surface area contributed by atoms with Crippen LogP contribution in [0.1, 0.15) is 19.4 Å². The third-order valence-corrected chi connectivity index (χ3v) is 5.24. The zero-order valence-electron chi connectivity index (χ0n) is 16.4. The van der Waals surface area contributed by atoms with Gasteiger partial charge in [0.15, 0.2) is 0 Å². The van der Waals surface area contributed by atoms with Crippen molar-refractivity contribution in [1.29, 1.82) is 0 Å². The van der Waals surface area contributed by atoms with Crippen molar-refractivity contribution in [2.45, 2.75) is 19.3 Å². The third kappa shape index (κ3) is 4.73. The number of nitrogens with zero attached hydrogens (tertiary/aromatic N) is 2. The number of benzene rings is 2. The van der Waals surface area contributed by atoms with Crippen LogP contribution < -0.4 is 15.0 Å². The van der Waals surface area contributed by atoms with E-state index in [9.17, 15) is 4.79 Å². The normalized spacial score (nSPS) is 14.8. The van der Waals surface area contributed by atoms with Crippen molar-refractivity contribution in [3.8, 4) is 5.75 Å². The molecular formula is C22H29N3O2. The fourth-order valence-electron chi connectivity index (χ4n) is 3.36. The molecule has 1 fully saturated rings. The molecule has 0 unspecified atom stereocenters. The van der Waals surface area contributed by atoms with Crippen molar-refractivity contribution in [2.75, 3.05) is 44.7 Å². The minimum atomic E-state index is -0.145. The fourth-order valence-corrected chi connectivity index (χ4v) is 3.36. The van der Waals surface area contributed by atoms with Gasteiger partial charge in [-0.2, -0.15) is 0 Å². The van der Waals surface area contributed by atoms with Gasteiger partial charge in [0.2, 0.25) is 0 Å². The standard InChI is InChI=1S/C22H29N3O2/c1-22(2,18-9-11-20(27-3)12-10-18)17-23-21(26)25-15-13-24(14-16-25)19-7-5-4-6-8-19/h4-12H,13-17H2,1-3H3,(H,23,26). The molecule has 5 nitrogen and oxygen atoms in total. The Kier molecular flexibility index (Phi) is 5.89. The molecule has 27 heavy (non-hydrogen) atoms. The van der Waals surface area contributed by atoms with E-state index in [0.29, 0.717) is 6.54 Å². The molecule has 0 radical (unpaired) electrons. The van der Waals surface area contributed by atoms with Crippen LogP contribution in [0, 0.1) is 0 Å². The van der Waals surface area contributed by atoms with Gasteiger partial charge in [-0.05, 0) is 29.8 Å². The first-order valence-electron chi connectivity index (χ1n) is 9.47. The summed E-state index contributed by atoms with van der Waals surface area (Å²) >= 11 is 0. The van der Waals surface area contributed by atoms with Gasteiger partial charge < -0.3 is 19.9 Å². The van der Waals surface area contributed by atoms with E-state index in [-0.39, 0.29) is 11.4 Å². The minimum absolute atomic E-state index is 0.0179. The number of urea groups is 1. The van der Waals surface area contributed by atoms with Crippen LogP contribution in [0.4, 0.5) is 10.5 Å². The predicted octanol–water partition coefficient (Wildman–Crippen LogP) is 3.50. The van der Waals surface area contributed by atoms with Crippen molar-refractivity contribution in [2.24, 2.45) is 0 Å². The maximum Gasteiger partial charge on any atom is 0.317 e. The molecule has 2 aromatic carbocycles. The number of amides is 2. The molecule has 0 bridgehead atoms. The molecule has 0 saturated carbocycles. The molecule has 144 valence electrons. The predicted molar refractivity (Wildman–Crippen MR) is 110 cm³/mol. The molecule has 0 atom stereocenters. The van der Waals surface area contributed by atoms with Crippen molar-refractivity contribution >= 4 is 11.7 Å². The second-order valence-electron chi connectivity index (χ2n) is 7.58. The van der Waals surface area contributed by atoms with Gasteiger partial charge >= 0.3 is 6.03 Å². The Morgan fingerprint density at radius 1 is 1.00 bits per heavy atom. The molecule has 1 heterocycles. The second-order valence-corrected chi connectivity index (χ2v) is 7.58. The SMILES string of the molecule is COc1ccc(C(C)(C)CNC(=O)N2CCN(c3ccccc3)CC2)cc1. The average Bonchev–Trinajstić information content (AvgIpc) is 2.73. The van der Waals surface area contributed by atoms with Crippen LogP contribution in [-0.4, -0.2) is 50.8 Å². The summed E-state index contributed by atoms with van der Waals surface area (Å²) in [5.41, 5.74) is 2.25. The topological polar surface area (TPSA) is 44.8 Å². The summed E-state index contributed by atoms with van der Waals surface area (Å²) in [6, 6.07) is 18.4. The van der Waals surface area contributed by atoms with Crippen LogP contribution in [0.2, 0.25) is 0 Å². The van der Waals surface area contributed by atoms with E-state index in [1.54, 1.807) is 7.11 Å². The molecular weight excluding hydrogens is 338 g/mol. The number of piperazine rings is 1. The number of carbonyl (C=O) groups excluding carboxylic acids is 1. The van der Waals surface area contributed by atoms with Crippen molar-refractivity contribution < 1.29 is 9.53 Å². The van der Waals surface area contributed by atoms with Gasteiger partial charge in [0.05, 0.1) is 7.11 Å². The van der Waals surface area contributed by atoms with Crippen LogP contribution in [-0.2, 0) is 5.41 Å². The molecule has 0 spiro atoms. The van der Waals surface area contributed by atoms with Crippen LogP contribution in [0.3, 0.4) is 0 Å². The third-order valence-electron chi connectivity index (χ3n) is 5.24. The number of ether oxygens (including phenoxy) is 1. The van der Waals surface area contributed by atoms with E-state index in [4.69, 9.17) is 4.74 Å². The first kappa shape index (κ1) is 19.1. The Hall–Kier alpha value is -2.69. The molecule has 2 aromatic rings. The first-order valence-corrected chi connectivity index (χ1v) is 9.47. The molecule has 3 rings (SSSR count). The maximum absolute atomic E-state index is 12.6. The Labute approximate surface area is 161 Å². The highest BCUT2D eigenvalue weighted by Crippen LogP contribution is 2.24. The molecule has 0 aliphatic carbocycles. The lowest BCUT2D eigenvalue weighted by molar-refractivity contribution is 0.192. The van der Waals surface area contributed by atoms with Crippen molar-refractivity contribution in [1.82, 2.24) is 10.2 Å². The van der Waals surface area contributed by atoms with Crippen LogP contribution >= 0.6 is 0 Å². The highest BCUT2D eigenvalue weighted by molar-refractivity contribution is 5.74. The lowest BCUT2D eigenvalue weighted by Crippen LogP contribution is -2.53. The van der Waals surface area contributed by atoms with Gasteiger partial charge in [-0.15, -0.1) is 0 Å². The number of para-hydroxylation sites is 1. The Morgan fingerprint density at radius 3 is 2.22 bits per heavy atom. The summed E-state index contributed by atoms with van der Waals surface area (Å²) in [7, 11) is 1.66.